The van der Waals surface area contributed by atoms with Gasteiger partial charge in [0.2, 0.25) is 5.13 Å². The second-order valence-corrected chi connectivity index (χ2v) is 8.05. The van der Waals surface area contributed by atoms with E-state index < -0.39 is 0 Å². The van der Waals surface area contributed by atoms with Crippen LogP contribution < -0.4 is 5.32 Å². The van der Waals surface area contributed by atoms with Crippen LogP contribution in [0.1, 0.15) is 18.4 Å². The van der Waals surface area contributed by atoms with Crippen molar-refractivity contribution < 1.29 is 9.90 Å². The summed E-state index contributed by atoms with van der Waals surface area (Å²) in [6, 6.07) is 19.6. The maximum absolute atomic E-state index is 12.6. The number of aliphatic hydroxyl groups excluding tert-OH is 1. The van der Waals surface area contributed by atoms with Gasteiger partial charge in [-0.3, -0.25) is 5.32 Å². The molecule has 0 aliphatic carbocycles. The Hall–Kier alpha value is -2.77. The zero-order valence-electron chi connectivity index (χ0n) is 16.1. The molecule has 1 aliphatic heterocycles. The number of hydrogen-bond acceptors (Lipinski definition) is 5. The third-order valence-electron chi connectivity index (χ3n) is 5.33. The van der Waals surface area contributed by atoms with Crippen molar-refractivity contribution in [3.05, 3.63) is 66.2 Å². The average Bonchev–Trinajstić information content (AvgIpc) is 3.23. The summed E-state index contributed by atoms with van der Waals surface area (Å²) in [5.74, 6) is 0.833. The van der Waals surface area contributed by atoms with Gasteiger partial charge in [0.05, 0.1) is 6.10 Å². The third kappa shape index (κ3) is 4.99. The van der Waals surface area contributed by atoms with Gasteiger partial charge in [0.15, 0.2) is 5.82 Å². The predicted molar refractivity (Wildman–Crippen MR) is 115 cm³/mol. The lowest BCUT2D eigenvalue weighted by Crippen LogP contribution is -2.43. The molecular formula is C22H24N4O2S. The highest BCUT2D eigenvalue weighted by Gasteiger charge is 2.28. The minimum absolute atomic E-state index is 0.156. The standard InChI is InChI=1S/C22H24N4O2S/c27-19(15-16-7-3-1-4-8-16)17-11-13-26(14-12-17)22(28)24-21-23-20(25-29-21)18-9-5-2-6-10-18/h1-10,17,19,27H,11-15H2,(H,23,24,25,28). The number of amides is 2. The number of aliphatic hydroxyl groups is 1. The summed E-state index contributed by atoms with van der Waals surface area (Å²) in [5, 5.41) is 13.9. The van der Waals surface area contributed by atoms with Gasteiger partial charge in [0.1, 0.15) is 0 Å². The van der Waals surface area contributed by atoms with Gasteiger partial charge in [-0.05, 0) is 30.7 Å². The number of rotatable bonds is 5. The fourth-order valence-corrected chi connectivity index (χ4v) is 4.24. The molecule has 1 saturated heterocycles. The van der Waals surface area contributed by atoms with Gasteiger partial charge in [-0.2, -0.15) is 9.36 Å². The SMILES string of the molecule is O=C(Nc1nc(-c2ccccc2)ns1)N1CCC(C(O)Cc2ccccc2)CC1. The highest BCUT2D eigenvalue weighted by Crippen LogP contribution is 2.25. The van der Waals surface area contributed by atoms with Crippen molar-refractivity contribution in [3.8, 4) is 11.4 Å². The van der Waals surface area contributed by atoms with Crippen molar-refractivity contribution in [3.63, 3.8) is 0 Å². The normalized spacial score (nSPS) is 15.8. The van der Waals surface area contributed by atoms with Crippen LogP contribution in [0.2, 0.25) is 0 Å². The number of carbonyl (C=O) groups is 1. The largest absolute Gasteiger partial charge is 0.392 e. The van der Waals surface area contributed by atoms with Crippen molar-refractivity contribution in [1.29, 1.82) is 0 Å². The van der Waals surface area contributed by atoms with Crippen LogP contribution in [-0.4, -0.2) is 44.6 Å². The number of likely N-dealkylation sites (tertiary alicyclic amines) is 1. The minimum Gasteiger partial charge on any atom is -0.392 e. The summed E-state index contributed by atoms with van der Waals surface area (Å²) in [6.45, 7) is 1.26. The van der Waals surface area contributed by atoms with Gasteiger partial charge in [0, 0.05) is 30.2 Å². The highest BCUT2D eigenvalue weighted by molar-refractivity contribution is 7.10. The molecule has 7 heteroatoms. The van der Waals surface area contributed by atoms with E-state index in [0.29, 0.717) is 30.5 Å². The molecule has 150 valence electrons. The molecule has 1 aromatic heterocycles. The Labute approximate surface area is 174 Å². The van der Waals surface area contributed by atoms with Crippen LogP contribution in [0.4, 0.5) is 9.93 Å². The monoisotopic (exact) mass is 408 g/mol. The van der Waals surface area contributed by atoms with E-state index in [4.69, 9.17) is 0 Å². The first-order chi connectivity index (χ1) is 14.2. The number of carbonyl (C=O) groups excluding carboxylic acids is 1. The number of urea groups is 1. The van der Waals surface area contributed by atoms with Crippen molar-refractivity contribution >= 4 is 22.7 Å². The molecule has 0 bridgehead atoms. The summed E-state index contributed by atoms with van der Waals surface area (Å²) in [6.07, 6.45) is 1.88. The van der Waals surface area contributed by atoms with Gasteiger partial charge in [0.25, 0.3) is 0 Å². The van der Waals surface area contributed by atoms with Gasteiger partial charge >= 0.3 is 6.03 Å². The smallest absolute Gasteiger partial charge is 0.323 e. The van der Waals surface area contributed by atoms with E-state index in [2.05, 4.69) is 14.7 Å². The predicted octanol–water partition coefficient (Wildman–Crippen LogP) is 4.05. The molecule has 2 aromatic carbocycles. The van der Waals surface area contributed by atoms with Crippen molar-refractivity contribution in [2.24, 2.45) is 5.92 Å². The third-order valence-corrected chi connectivity index (χ3v) is 5.96. The number of benzene rings is 2. The Morgan fingerprint density at radius 2 is 1.76 bits per heavy atom. The summed E-state index contributed by atoms with van der Waals surface area (Å²) in [5.41, 5.74) is 2.07. The second kappa shape index (κ2) is 9.15. The van der Waals surface area contributed by atoms with Crippen LogP contribution in [0.5, 0.6) is 0 Å². The van der Waals surface area contributed by atoms with Gasteiger partial charge in [-0.25, -0.2) is 4.79 Å². The van der Waals surface area contributed by atoms with E-state index in [9.17, 15) is 9.90 Å². The minimum atomic E-state index is -0.376. The molecule has 1 atom stereocenters. The molecule has 2 N–H and O–H groups in total. The summed E-state index contributed by atoms with van der Waals surface area (Å²) in [7, 11) is 0. The number of piperidine rings is 1. The lowest BCUT2D eigenvalue weighted by atomic mass is 9.88. The molecule has 2 heterocycles. The first kappa shape index (κ1) is 19.5. The Kier molecular flexibility index (Phi) is 6.17. The first-order valence-electron chi connectivity index (χ1n) is 9.86. The summed E-state index contributed by atoms with van der Waals surface area (Å²) >= 11 is 1.18. The molecular weight excluding hydrogens is 384 g/mol. The molecule has 0 radical (unpaired) electrons. The van der Waals surface area contributed by atoms with Crippen molar-refractivity contribution in [2.75, 3.05) is 18.4 Å². The van der Waals surface area contributed by atoms with E-state index in [1.54, 1.807) is 4.90 Å². The molecule has 4 rings (SSSR count). The molecule has 0 spiro atoms. The summed E-state index contributed by atoms with van der Waals surface area (Å²) < 4.78 is 4.32. The number of hydrogen-bond donors (Lipinski definition) is 2. The van der Waals surface area contributed by atoms with Crippen LogP contribution in [-0.2, 0) is 6.42 Å². The topological polar surface area (TPSA) is 78.4 Å². The molecule has 29 heavy (non-hydrogen) atoms. The van der Waals surface area contributed by atoms with Crippen LogP contribution in [0, 0.1) is 5.92 Å². The fourth-order valence-electron chi connectivity index (χ4n) is 3.66. The van der Waals surface area contributed by atoms with Crippen LogP contribution >= 0.6 is 11.5 Å². The lowest BCUT2D eigenvalue weighted by Gasteiger charge is -2.34. The Morgan fingerprint density at radius 1 is 1.10 bits per heavy atom. The molecule has 1 unspecified atom stereocenters. The Balaban J connectivity index is 1.28. The number of nitrogens with one attached hydrogen (secondary N) is 1. The average molecular weight is 409 g/mol. The number of nitrogens with zero attached hydrogens (tertiary/aromatic N) is 3. The molecule has 1 aliphatic rings. The molecule has 3 aromatic rings. The number of anilines is 1. The van der Waals surface area contributed by atoms with E-state index >= 15 is 0 Å². The van der Waals surface area contributed by atoms with E-state index in [-0.39, 0.29) is 18.1 Å². The first-order valence-corrected chi connectivity index (χ1v) is 10.6. The molecule has 2 amide bonds. The van der Waals surface area contributed by atoms with Crippen molar-refractivity contribution in [1.82, 2.24) is 14.3 Å². The maximum Gasteiger partial charge on any atom is 0.323 e. The van der Waals surface area contributed by atoms with Crippen molar-refractivity contribution in [2.45, 2.75) is 25.4 Å². The Bertz CT molecular complexity index is 924. The zero-order valence-corrected chi connectivity index (χ0v) is 16.9. The van der Waals surface area contributed by atoms with Gasteiger partial charge in [-0.15, -0.1) is 0 Å². The Morgan fingerprint density at radius 3 is 2.45 bits per heavy atom. The van der Waals surface area contributed by atoms with Gasteiger partial charge < -0.3 is 10.0 Å². The van der Waals surface area contributed by atoms with Gasteiger partial charge in [-0.1, -0.05) is 60.7 Å². The van der Waals surface area contributed by atoms with Crippen LogP contribution in [0.3, 0.4) is 0 Å². The molecule has 0 saturated carbocycles. The van der Waals surface area contributed by atoms with E-state index in [0.717, 1.165) is 24.0 Å². The van der Waals surface area contributed by atoms with E-state index in [1.807, 2.05) is 60.7 Å². The molecule has 1 fully saturated rings. The van der Waals surface area contributed by atoms with Crippen LogP contribution in [0.15, 0.2) is 60.7 Å². The highest BCUT2D eigenvalue weighted by atomic mass is 32.1. The lowest BCUT2D eigenvalue weighted by molar-refractivity contribution is 0.0689. The zero-order chi connectivity index (χ0) is 20.1. The fraction of sp³-hybridized carbons (Fsp3) is 0.318. The second-order valence-electron chi connectivity index (χ2n) is 7.30. The summed E-state index contributed by atoms with van der Waals surface area (Å²) in [4.78, 5) is 18.8. The maximum atomic E-state index is 12.6. The number of aromatic nitrogens is 2. The quantitative estimate of drug-likeness (QED) is 0.668. The van der Waals surface area contributed by atoms with Crippen LogP contribution in [0.25, 0.3) is 11.4 Å². The van der Waals surface area contributed by atoms with E-state index in [1.165, 1.54) is 11.5 Å². The molecule has 6 nitrogen and oxygen atoms in total.